The molecule has 4 heteroatoms. The van der Waals surface area contributed by atoms with Crippen molar-refractivity contribution < 1.29 is 4.74 Å². The second-order valence-corrected chi connectivity index (χ2v) is 4.57. The van der Waals surface area contributed by atoms with Crippen LogP contribution in [0.3, 0.4) is 0 Å². The van der Waals surface area contributed by atoms with E-state index in [1.54, 1.807) is 0 Å². The molecular weight excluding hydrogens is 214 g/mol. The Balaban J connectivity index is 2.01. The van der Waals surface area contributed by atoms with Crippen LogP contribution in [0.25, 0.3) is 0 Å². The lowest BCUT2D eigenvalue weighted by Gasteiger charge is -2.23. The quantitative estimate of drug-likeness (QED) is 0.827. The zero-order chi connectivity index (χ0) is 12.1. The molecule has 1 N–H and O–H groups in total. The van der Waals surface area contributed by atoms with E-state index in [1.807, 2.05) is 19.3 Å². The maximum Gasteiger partial charge on any atom is 0.0622 e. The Morgan fingerprint density at radius 3 is 3.18 bits per heavy atom. The van der Waals surface area contributed by atoms with Gasteiger partial charge in [0.2, 0.25) is 0 Å². The fourth-order valence-electron chi connectivity index (χ4n) is 2.20. The van der Waals surface area contributed by atoms with Crippen molar-refractivity contribution in [3.63, 3.8) is 0 Å². The molecule has 2 heterocycles. The highest BCUT2D eigenvalue weighted by atomic mass is 16.5. The average molecular weight is 235 g/mol. The maximum absolute atomic E-state index is 5.42. The molecule has 0 aliphatic carbocycles. The zero-order valence-electron chi connectivity index (χ0n) is 10.6. The monoisotopic (exact) mass is 235 g/mol. The van der Waals surface area contributed by atoms with Crippen LogP contribution in [0.1, 0.15) is 17.7 Å². The lowest BCUT2D eigenvalue weighted by molar-refractivity contribution is 0.155. The number of nitrogens with zero attached hydrogens (tertiary/aromatic N) is 2. The Morgan fingerprint density at radius 1 is 1.59 bits per heavy atom. The summed E-state index contributed by atoms with van der Waals surface area (Å²) in [5, 5.41) is 3.18. The Hall–Kier alpha value is -0.970. The minimum absolute atomic E-state index is 0.541. The third-order valence-corrected chi connectivity index (χ3v) is 3.28. The molecule has 1 aliphatic heterocycles. The van der Waals surface area contributed by atoms with Gasteiger partial charge in [0.05, 0.1) is 12.3 Å². The third-order valence-electron chi connectivity index (χ3n) is 3.28. The fraction of sp³-hybridized carbons (Fsp3) is 0.615. The first kappa shape index (κ1) is 12.5. The Morgan fingerprint density at radius 2 is 2.47 bits per heavy atom. The Labute approximate surface area is 103 Å². The molecule has 0 saturated carbocycles. The highest BCUT2D eigenvalue weighted by Gasteiger charge is 2.21. The molecule has 0 bridgehead atoms. The van der Waals surface area contributed by atoms with Gasteiger partial charge >= 0.3 is 0 Å². The van der Waals surface area contributed by atoms with Gasteiger partial charge in [-0.2, -0.15) is 0 Å². The van der Waals surface area contributed by atoms with E-state index in [4.69, 9.17) is 4.74 Å². The van der Waals surface area contributed by atoms with Crippen LogP contribution < -0.4 is 5.32 Å². The average Bonchev–Trinajstić information content (AvgIpc) is 2.85. The molecule has 0 amide bonds. The molecule has 1 atom stereocenters. The topological polar surface area (TPSA) is 37.4 Å². The van der Waals surface area contributed by atoms with E-state index in [-0.39, 0.29) is 0 Å². The van der Waals surface area contributed by atoms with E-state index >= 15 is 0 Å². The highest BCUT2D eigenvalue weighted by molar-refractivity contribution is 5.19. The summed E-state index contributed by atoms with van der Waals surface area (Å²) in [6.07, 6.45) is 3.00. The molecular formula is C13H21N3O. The number of hydrogen-bond acceptors (Lipinski definition) is 4. The van der Waals surface area contributed by atoms with Crippen molar-refractivity contribution in [2.24, 2.45) is 0 Å². The molecule has 0 aromatic carbocycles. The molecule has 1 unspecified atom stereocenters. The van der Waals surface area contributed by atoms with Crippen LogP contribution in [-0.4, -0.2) is 43.2 Å². The van der Waals surface area contributed by atoms with E-state index in [9.17, 15) is 0 Å². The van der Waals surface area contributed by atoms with Crippen LogP contribution in [0.4, 0.5) is 0 Å². The van der Waals surface area contributed by atoms with Gasteiger partial charge in [0.15, 0.2) is 0 Å². The molecule has 1 aromatic rings. The van der Waals surface area contributed by atoms with Gasteiger partial charge in [-0.05, 0) is 32.1 Å². The SMILES string of the molecule is CNCc1cccnc1CN(C)C1CCOC1. The van der Waals surface area contributed by atoms with Crippen molar-refractivity contribution in [3.8, 4) is 0 Å². The predicted molar refractivity (Wildman–Crippen MR) is 67.7 cm³/mol. The van der Waals surface area contributed by atoms with Gasteiger partial charge in [0.1, 0.15) is 0 Å². The van der Waals surface area contributed by atoms with Crippen LogP contribution in [0.15, 0.2) is 18.3 Å². The summed E-state index contributed by atoms with van der Waals surface area (Å²) < 4.78 is 5.42. The molecule has 1 aromatic heterocycles. The summed E-state index contributed by atoms with van der Waals surface area (Å²) in [6, 6.07) is 4.67. The van der Waals surface area contributed by atoms with Crippen LogP contribution in [0, 0.1) is 0 Å². The van der Waals surface area contributed by atoms with Crippen molar-refractivity contribution >= 4 is 0 Å². The van der Waals surface area contributed by atoms with Crippen LogP contribution >= 0.6 is 0 Å². The summed E-state index contributed by atoms with van der Waals surface area (Å²) in [4.78, 5) is 6.83. The molecule has 94 valence electrons. The lowest BCUT2D eigenvalue weighted by Crippen LogP contribution is -2.32. The van der Waals surface area contributed by atoms with Gasteiger partial charge in [-0.25, -0.2) is 0 Å². The Kier molecular flexibility index (Phi) is 4.48. The van der Waals surface area contributed by atoms with Gasteiger partial charge in [-0.1, -0.05) is 6.07 Å². The van der Waals surface area contributed by atoms with Gasteiger partial charge in [-0.3, -0.25) is 9.88 Å². The standard InChI is InChI=1S/C13H21N3O/c1-14-8-11-4-3-6-15-13(11)9-16(2)12-5-7-17-10-12/h3-4,6,12,14H,5,7-10H2,1-2H3. The largest absolute Gasteiger partial charge is 0.380 e. The number of ether oxygens (including phenoxy) is 1. The lowest BCUT2D eigenvalue weighted by atomic mass is 10.1. The minimum Gasteiger partial charge on any atom is -0.380 e. The van der Waals surface area contributed by atoms with E-state index in [0.29, 0.717) is 6.04 Å². The normalized spacial score (nSPS) is 20.1. The van der Waals surface area contributed by atoms with Gasteiger partial charge in [0.25, 0.3) is 0 Å². The maximum atomic E-state index is 5.42. The summed E-state index contributed by atoms with van der Waals surface area (Å²) in [5.41, 5.74) is 2.44. The van der Waals surface area contributed by atoms with Crippen molar-refractivity contribution in [2.75, 3.05) is 27.3 Å². The number of rotatable bonds is 5. The predicted octanol–water partition coefficient (Wildman–Crippen LogP) is 1.02. The van der Waals surface area contributed by atoms with Gasteiger partial charge in [-0.15, -0.1) is 0 Å². The van der Waals surface area contributed by atoms with E-state index in [2.05, 4.69) is 28.3 Å². The number of aromatic nitrogens is 1. The zero-order valence-corrected chi connectivity index (χ0v) is 10.6. The fourth-order valence-corrected chi connectivity index (χ4v) is 2.20. The van der Waals surface area contributed by atoms with Crippen LogP contribution in [-0.2, 0) is 17.8 Å². The highest BCUT2D eigenvalue weighted by Crippen LogP contribution is 2.15. The van der Waals surface area contributed by atoms with Gasteiger partial charge < -0.3 is 10.1 Å². The van der Waals surface area contributed by atoms with Crippen molar-refractivity contribution in [1.29, 1.82) is 0 Å². The molecule has 0 radical (unpaired) electrons. The second-order valence-electron chi connectivity index (χ2n) is 4.57. The number of likely N-dealkylation sites (N-methyl/N-ethyl adjacent to an activating group) is 1. The smallest absolute Gasteiger partial charge is 0.0622 e. The number of hydrogen-bond donors (Lipinski definition) is 1. The first-order valence-electron chi connectivity index (χ1n) is 6.16. The molecule has 1 fully saturated rings. The first-order chi connectivity index (χ1) is 8.31. The molecule has 17 heavy (non-hydrogen) atoms. The summed E-state index contributed by atoms with van der Waals surface area (Å²) in [6.45, 7) is 3.51. The minimum atomic E-state index is 0.541. The van der Waals surface area contributed by atoms with E-state index in [1.165, 1.54) is 5.56 Å². The molecule has 4 nitrogen and oxygen atoms in total. The van der Waals surface area contributed by atoms with Crippen LogP contribution in [0.2, 0.25) is 0 Å². The third kappa shape index (κ3) is 3.25. The molecule has 2 rings (SSSR count). The first-order valence-corrected chi connectivity index (χ1v) is 6.16. The number of nitrogens with one attached hydrogen (secondary N) is 1. The van der Waals surface area contributed by atoms with Crippen LogP contribution in [0.5, 0.6) is 0 Å². The van der Waals surface area contributed by atoms with Crippen molar-refractivity contribution in [3.05, 3.63) is 29.6 Å². The Bertz CT molecular complexity index is 350. The van der Waals surface area contributed by atoms with Gasteiger partial charge in [0, 0.05) is 31.9 Å². The van der Waals surface area contributed by atoms with E-state index < -0.39 is 0 Å². The molecule has 0 spiro atoms. The molecule has 1 saturated heterocycles. The summed E-state index contributed by atoms with van der Waals surface area (Å²) >= 11 is 0. The number of pyridine rings is 1. The second kappa shape index (κ2) is 6.10. The summed E-state index contributed by atoms with van der Waals surface area (Å²) in [7, 11) is 4.11. The van der Waals surface area contributed by atoms with Crippen molar-refractivity contribution in [2.45, 2.75) is 25.6 Å². The summed E-state index contributed by atoms with van der Waals surface area (Å²) in [5.74, 6) is 0. The van der Waals surface area contributed by atoms with E-state index in [0.717, 1.165) is 38.4 Å². The molecule has 1 aliphatic rings. The van der Waals surface area contributed by atoms with Crippen molar-refractivity contribution in [1.82, 2.24) is 15.2 Å².